The standard InChI is InChI=1S/C14H21N3O2/c1-8(14(2,3)4)16-10-6-11-12(5-9(10)15)19-7-13(18)17-11/h5-6,8,16H,7,15H2,1-4H3,(H,17,18). The van der Waals surface area contributed by atoms with Crippen LogP contribution in [-0.2, 0) is 4.79 Å². The molecule has 0 aromatic heterocycles. The number of hydrogen-bond donors (Lipinski definition) is 3. The number of nitrogens with two attached hydrogens (primary N) is 1. The Hall–Kier alpha value is -1.91. The van der Waals surface area contributed by atoms with E-state index in [0.29, 0.717) is 17.1 Å². The number of hydrogen-bond acceptors (Lipinski definition) is 4. The number of ether oxygens (including phenoxy) is 1. The summed E-state index contributed by atoms with van der Waals surface area (Å²) in [6.07, 6.45) is 0. The maximum absolute atomic E-state index is 11.3. The Bertz CT molecular complexity index is 506. The summed E-state index contributed by atoms with van der Waals surface area (Å²) in [6, 6.07) is 3.81. The Kier molecular flexibility index (Phi) is 3.30. The van der Waals surface area contributed by atoms with Crippen molar-refractivity contribution in [3.63, 3.8) is 0 Å². The maximum Gasteiger partial charge on any atom is 0.262 e. The number of fused-ring (bicyclic) bond motifs is 1. The first-order valence-corrected chi connectivity index (χ1v) is 6.40. The van der Waals surface area contributed by atoms with Gasteiger partial charge in [-0.15, -0.1) is 0 Å². The average molecular weight is 263 g/mol. The van der Waals surface area contributed by atoms with Gasteiger partial charge in [0.2, 0.25) is 0 Å². The number of amides is 1. The van der Waals surface area contributed by atoms with Crippen molar-refractivity contribution in [1.29, 1.82) is 0 Å². The van der Waals surface area contributed by atoms with Gasteiger partial charge >= 0.3 is 0 Å². The first-order valence-electron chi connectivity index (χ1n) is 6.40. The van der Waals surface area contributed by atoms with Crippen LogP contribution in [0.25, 0.3) is 0 Å². The minimum Gasteiger partial charge on any atom is -0.482 e. The van der Waals surface area contributed by atoms with Gasteiger partial charge in [-0.3, -0.25) is 4.79 Å². The predicted octanol–water partition coefficient (Wildman–Crippen LogP) is 2.45. The molecule has 104 valence electrons. The first-order chi connectivity index (χ1) is 8.77. The van der Waals surface area contributed by atoms with Crippen LogP contribution >= 0.6 is 0 Å². The van der Waals surface area contributed by atoms with E-state index in [-0.39, 0.29) is 24.0 Å². The normalized spacial score (nSPS) is 16.1. The molecule has 0 radical (unpaired) electrons. The van der Waals surface area contributed by atoms with Gasteiger partial charge in [-0.2, -0.15) is 0 Å². The molecule has 0 spiro atoms. The molecule has 0 saturated heterocycles. The molecule has 1 aromatic rings. The second-order valence-corrected chi connectivity index (χ2v) is 6.00. The van der Waals surface area contributed by atoms with Crippen LogP contribution in [0.1, 0.15) is 27.7 Å². The summed E-state index contributed by atoms with van der Waals surface area (Å²) in [5.41, 5.74) is 8.22. The number of carbonyl (C=O) groups excluding carboxylic acids is 1. The van der Waals surface area contributed by atoms with Crippen molar-refractivity contribution in [3.8, 4) is 5.75 Å². The quantitative estimate of drug-likeness (QED) is 0.716. The van der Waals surface area contributed by atoms with Crippen molar-refractivity contribution in [3.05, 3.63) is 12.1 Å². The minimum absolute atomic E-state index is 0.0393. The van der Waals surface area contributed by atoms with E-state index in [1.165, 1.54) is 0 Å². The lowest BCUT2D eigenvalue weighted by Crippen LogP contribution is -2.31. The molecule has 2 rings (SSSR count). The van der Waals surface area contributed by atoms with E-state index >= 15 is 0 Å². The third-order valence-electron chi connectivity index (χ3n) is 3.46. The summed E-state index contributed by atoms with van der Waals surface area (Å²) < 4.78 is 5.32. The van der Waals surface area contributed by atoms with Gasteiger partial charge in [-0.1, -0.05) is 20.8 Å². The molecule has 1 atom stereocenters. The summed E-state index contributed by atoms with van der Waals surface area (Å²) in [5.74, 6) is 0.471. The SMILES string of the molecule is CC(Nc1cc2c(cc1N)OCC(=O)N2)C(C)(C)C. The molecule has 0 saturated carbocycles. The fourth-order valence-electron chi connectivity index (χ4n) is 1.72. The van der Waals surface area contributed by atoms with Gasteiger partial charge in [-0.05, 0) is 18.4 Å². The number of anilines is 3. The second kappa shape index (κ2) is 4.64. The summed E-state index contributed by atoms with van der Waals surface area (Å²) in [4.78, 5) is 11.3. The molecule has 1 aliphatic rings. The Morgan fingerprint density at radius 2 is 2.11 bits per heavy atom. The van der Waals surface area contributed by atoms with Crippen LogP contribution in [-0.4, -0.2) is 18.6 Å². The molecule has 1 amide bonds. The van der Waals surface area contributed by atoms with Crippen molar-refractivity contribution >= 4 is 23.0 Å². The molecule has 1 unspecified atom stereocenters. The Labute approximate surface area is 113 Å². The molecular formula is C14H21N3O2. The summed E-state index contributed by atoms with van der Waals surface area (Å²) in [5, 5.41) is 6.16. The number of nitrogen functional groups attached to an aromatic ring is 1. The predicted molar refractivity (Wildman–Crippen MR) is 77.5 cm³/mol. The molecule has 5 heteroatoms. The van der Waals surface area contributed by atoms with Gasteiger partial charge in [0.1, 0.15) is 5.75 Å². The number of carbonyl (C=O) groups is 1. The number of rotatable bonds is 2. The zero-order chi connectivity index (χ0) is 14.2. The van der Waals surface area contributed by atoms with Crippen LogP contribution < -0.4 is 21.1 Å². The van der Waals surface area contributed by atoms with Crippen LogP contribution in [0, 0.1) is 5.41 Å². The molecule has 5 nitrogen and oxygen atoms in total. The van der Waals surface area contributed by atoms with E-state index in [1.54, 1.807) is 6.07 Å². The fraction of sp³-hybridized carbons (Fsp3) is 0.500. The van der Waals surface area contributed by atoms with Crippen LogP contribution in [0.4, 0.5) is 17.1 Å². The van der Waals surface area contributed by atoms with Crippen LogP contribution in [0.2, 0.25) is 0 Å². The molecule has 4 N–H and O–H groups in total. The first kappa shape index (κ1) is 13.5. The van der Waals surface area contributed by atoms with Gasteiger partial charge in [0.15, 0.2) is 6.61 Å². The molecule has 1 heterocycles. The highest BCUT2D eigenvalue weighted by Crippen LogP contribution is 2.36. The van der Waals surface area contributed by atoms with E-state index < -0.39 is 0 Å². The van der Waals surface area contributed by atoms with Crippen LogP contribution in [0.15, 0.2) is 12.1 Å². The van der Waals surface area contributed by atoms with Gasteiger partial charge in [0.25, 0.3) is 5.91 Å². The van der Waals surface area contributed by atoms with E-state index in [2.05, 4.69) is 38.3 Å². The van der Waals surface area contributed by atoms with Gasteiger partial charge in [0.05, 0.1) is 17.1 Å². The minimum atomic E-state index is -0.146. The molecule has 19 heavy (non-hydrogen) atoms. The third kappa shape index (κ3) is 2.92. The zero-order valence-corrected chi connectivity index (χ0v) is 11.8. The highest BCUT2D eigenvalue weighted by Gasteiger charge is 2.22. The van der Waals surface area contributed by atoms with E-state index in [0.717, 1.165) is 5.69 Å². The fourth-order valence-corrected chi connectivity index (χ4v) is 1.72. The second-order valence-electron chi connectivity index (χ2n) is 6.00. The monoisotopic (exact) mass is 263 g/mol. The van der Waals surface area contributed by atoms with Crippen molar-refractivity contribution in [2.24, 2.45) is 5.41 Å². The Balaban J connectivity index is 2.27. The van der Waals surface area contributed by atoms with Crippen molar-refractivity contribution in [2.45, 2.75) is 33.7 Å². The number of benzene rings is 1. The van der Waals surface area contributed by atoms with Gasteiger partial charge < -0.3 is 21.1 Å². The molecule has 1 aromatic carbocycles. The smallest absolute Gasteiger partial charge is 0.262 e. The lowest BCUT2D eigenvalue weighted by Gasteiger charge is -2.30. The molecule has 0 aliphatic carbocycles. The summed E-state index contributed by atoms with van der Waals surface area (Å²) in [6.45, 7) is 8.62. The lowest BCUT2D eigenvalue weighted by molar-refractivity contribution is -0.118. The summed E-state index contributed by atoms with van der Waals surface area (Å²) in [7, 11) is 0. The third-order valence-corrected chi connectivity index (χ3v) is 3.46. The van der Waals surface area contributed by atoms with Gasteiger partial charge in [0, 0.05) is 12.1 Å². The van der Waals surface area contributed by atoms with E-state index in [9.17, 15) is 4.79 Å². The Morgan fingerprint density at radius 1 is 1.42 bits per heavy atom. The van der Waals surface area contributed by atoms with E-state index in [4.69, 9.17) is 10.5 Å². The summed E-state index contributed by atoms with van der Waals surface area (Å²) >= 11 is 0. The maximum atomic E-state index is 11.3. The Morgan fingerprint density at radius 3 is 2.74 bits per heavy atom. The topological polar surface area (TPSA) is 76.4 Å². The number of nitrogens with one attached hydrogen (secondary N) is 2. The van der Waals surface area contributed by atoms with Crippen LogP contribution in [0.5, 0.6) is 5.75 Å². The van der Waals surface area contributed by atoms with Crippen molar-refractivity contribution in [2.75, 3.05) is 23.0 Å². The zero-order valence-electron chi connectivity index (χ0n) is 11.8. The molecule has 1 aliphatic heterocycles. The lowest BCUT2D eigenvalue weighted by atomic mass is 9.88. The molecule has 0 bridgehead atoms. The molecule has 0 fully saturated rings. The van der Waals surface area contributed by atoms with Crippen molar-refractivity contribution < 1.29 is 9.53 Å². The highest BCUT2D eigenvalue weighted by atomic mass is 16.5. The van der Waals surface area contributed by atoms with Crippen molar-refractivity contribution in [1.82, 2.24) is 0 Å². The highest BCUT2D eigenvalue weighted by molar-refractivity contribution is 5.97. The van der Waals surface area contributed by atoms with Gasteiger partial charge in [-0.25, -0.2) is 0 Å². The largest absolute Gasteiger partial charge is 0.482 e. The molecular weight excluding hydrogens is 242 g/mol. The van der Waals surface area contributed by atoms with Crippen LogP contribution in [0.3, 0.4) is 0 Å². The van der Waals surface area contributed by atoms with E-state index in [1.807, 2.05) is 6.07 Å². The average Bonchev–Trinajstić information content (AvgIpc) is 2.29.